The Morgan fingerprint density at radius 1 is 1.55 bits per heavy atom. The molecule has 1 heterocycles. The number of amides is 2. The lowest BCUT2D eigenvalue weighted by Crippen LogP contribution is -2.46. The number of aryl methyl sites for hydroxylation is 1. The van der Waals surface area contributed by atoms with Gasteiger partial charge in [-0.3, -0.25) is 4.79 Å². The molecular formula is C12H17N3O4S. The van der Waals surface area contributed by atoms with E-state index in [-0.39, 0.29) is 18.4 Å². The second-order valence-electron chi connectivity index (χ2n) is 4.43. The average molecular weight is 299 g/mol. The van der Waals surface area contributed by atoms with E-state index < -0.39 is 12.1 Å². The number of aromatic nitrogens is 1. The van der Waals surface area contributed by atoms with Gasteiger partial charge >= 0.3 is 6.09 Å². The minimum atomic E-state index is -1.24. The van der Waals surface area contributed by atoms with Gasteiger partial charge in [0.05, 0.1) is 5.01 Å². The Morgan fingerprint density at radius 2 is 2.25 bits per heavy atom. The predicted octanol–water partition coefficient (Wildman–Crippen LogP) is 0.581. The van der Waals surface area contributed by atoms with Crippen LogP contribution < -0.4 is 10.6 Å². The van der Waals surface area contributed by atoms with Crippen molar-refractivity contribution in [2.45, 2.75) is 26.3 Å². The molecule has 2 atom stereocenters. The smallest absolute Gasteiger partial charge is 0.404 e. The molecule has 0 fully saturated rings. The van der Waals surface area contributed by atoms with E-state index in [0.29, 0.717) is 12.7 Å². The van der Waals surface area contributed by atoms with Gasteiger partial charge in [0.15, 0.2) is 0 Å². The Hall–Kier alpha value is -1.96. The van der Waals surface area contributed by atoms with Crippen molar-refractivity contribution in [2.24, 2.45) is 5.92 Å². The number of rotatable bonds is 7. The van der Waals surface area contributed by atoms with Gasteiger partial charge in [0.25, 0.3) is 0 Å². The molecule has 8 heteroatoms. The summed E-state index contributed by atoms with van der Waals surface area (Å²) in [5.41, 5.74) is 0.911. The summed E-state index contributed by atoms with van der Waals surface area (Å²) in [5, 5.41) is 15.8. The molecule has 0 aliphatic carbocycles. The molecule has 2 amide bonds. The van der Waals surface area contributed by atoms with E-state index in [1.165, 1.54) is 11.3 Å². The van der Waals surface area contributed by atoms with E-state index in [4.69, 9.17) is 5.11 Å². The largest absolute Gasteiger partial charge is 0.465 e. The molecule has 110 valence electrons. The van der Waals surface area contributed by atoms with Gasteiger partial charge in [0.1, 0.15) is 12.3 Å². The number of hydrogen-bond donors (Lipinski definition) is 3. The molecule has 0 spiro atoms. The number of carbonyl (C=O) groups is 3. The van der Waals surface area contributed by atoms with Gasteiger partial charge in [0.2, 0.25) is 5.91 Å². The first-order chi connectivity index (χ1) is 9.42. The zero-order valence-electron chi connectivity index (χ0n) is 11.3. The third-order valence-corrected chi connectivity index (χ3v) is 3.55. The first kappa shape index (κ1) is 16.1. The molecule has 0 aromatic carbocycles. The Kier molecular flexibility index (Phi) is 6.10. The molecule has 0 aliphatic rings. The van der Waals surface area contributed by atoms with Crippen molar-refractivity contribution < 1.29 is 19.5 Å². The minimum absolute atomic E-state index is 0.145. The Bertz CT molecular complexity index is 489. The molecule has 0 bridgehead atoms. The molecule has 3 N–H and O–H groups in total. The molecular weight excluding hydrogens is 282 g/mol. The summed E-state index contributed by atoms with van der Waals surface area (Å²) >= 11 is 1.48. The van der Waals surface area contributed by atoms with E-state index in [1.807, 2.05) is 12.3 Å². The third kappa shape index (κ3) is 5.35. The van der Waals surface area contributed by atoms with Crippen LogP contribution in [0, 0.1) is 12.8 Å². The maximum Gasteiger partial charge on any atom is 0.404 e. The predicted molar refractivity (Wildman–Crippen MR) is 73.7 cm³/mol. The summed E-state index contributed by atoms with van der Waals surface area (Å²) in [6.07, 6.45) is -0.242. The minimum Gasteiger partial charge on any atom is -0.465 e. The van der Waals surface area contributed by atoms with Crippen molar-refractivity contribution >= 4 is 29.6 Å². The number of nitrogens with one attached hydrogen (secondary N) is 2. The molecule has 0 saturated heterocycles. The van der Waals surface area contributed by atoms with Crippen molar-refractivity contribution in [3.05, 3.63) is 16.1 Å². The maximum absolute atomic E-state index is 11.9. The molecule has 0 aliphatic heterocycles. The zero-order valence-corrected chi connectivity index (χ0v) is 12.1. The maximum atomic E-state index is 11.9. The second-order valence-corrected chi connectivity index (χ2v) is 5.37. The number of thiazole rings is 1. The lowest BCUT2D eigenvalue weighted by molar-refractivity contribution is -0.126. The van der Waals surface area contributed by atoms with Crippen LogP contribution in [0.2, 0.25) is 0 Å². The second kappa shape index (κ2) is 7.59. The molecule has 1 aromatic rings. The van der Waals surface area contributed by atoms with Crippen LogP contribution in [0.1, 0.15) is 17.6 Å². The van der Waals surface area contributed by atoms with Crippen LogP contribution in [0.3, 0.4) is 0 Å². The fourth-order valence-corrected chi connectivity index (χ4v) is 2.41. The average Bonchev–Trinajstić information content (AvgIpc) is 2.79. The highest BCUT2D eigenvalue weighted by Gasteiger charge is 2.19. The van der Waals surface area contributed by atoms with Crippen LogP contribution in [0.5, 0.6) is 0 Å². The summed E-state index contributed by atoms with van der Waals surface area (Å²) in [7, 11) is 0. The van der Waals surface area contributed by atoms with Crippen LogP contribution >= 0.6 is 11.3 Å². The van der Waals surface area contributed by atoms with E-state index in [1.54, 1.807) is 6.92 Å². The van der Waals surface area contributed by atoms with Crippen LogP contribution in [0.15, 0.2) is 5.38 Å². The number of aldehydes is 1. The molecule has 7 nitrogen and oxygen atoms in total. The quantitative estimate of drug-likeness (QED) is 0.638. The lowest BCUT2D eigenvalue weighted by Gasteiger charge is -2.15. The van der Waals surface area contributed by atoms with Gasteiger partial charge in [-0.05, 0) is 6.92 Å². The standard InChI is InChI=1S/C12H17N3O4S/c1-7(3-10-14-8(2)6-20-10)11(17)15-9(5-16)4-13-12(18)19/h5-7,9,13H,3-4H2,1-2H3,(H,15,17)(H,18,19). The van der Waals surface area contributed by atoms with E-state index in [9.17, 15) is 14.4 Å². The molecule has 20 heavy (non-hydrogen) atoms. The zero-order chi connectivity index (χ0) is 15.1. The monoisotopic (exact) mass is 299 g/mol. The first-order valence-corrected chi connectivity index (χ1v) is 6.93. The number of carbonyl (C=O) groups excluding carboxylic acids is 2. The Morgan fingerprint density at radius 3 is 2.75 bits per heavy atom. The van der Waals surface area contributed by atoms with Crippen molar-refractivity contribution in [1.82, 2.24) is 15.6 Å². The van der Waals surface area contributed by atoms with E-state index in [2.05, 4.69) is 15.6 Å². The van der Waals surface area contributed by atoms with Crippen LogP contribution in [-0.2, 0) is 16.0 Å². The van der Waals surface area contributed by atoms with Gasteiger partial charge in [-0.2, -0.15) is 0 Å². The Labute approximate surface area is 120 Å². The summed E-state index contributed by atoms with van der Waals surface area (Å²) in [4.78, 5) is 37.3. The topological polar surface area (TPSA) is 108 Å². The summed E-state index contributed by atoms with van der Waals surface area (Å²) in [5.74, 6) is -0.644. The fraction of sp³-hybridized carbons (Fsp3) is 0.500. The third-order valence-electron chi connectivity index (χ3n) is 2.56. The summed E-state index contributed by atoms with van der Waals surface area (Å²) < 4.78 is 0. The number of hydrogen-bond acceptors (Lipinski definition) is 5. The highest BCUT2D eigenvalue weighted by Crippen LogP contribution is 2.14. The van der Waals surface area contributed by atoms with E-state index >= 15 is 0 Å². The van der Waals surface area contributed by atoms with Gasteiger partial charge in [-0.1, -0.05) is 6.92 Å². The number of nitrogens with zero attached hydrogens (tertiary/aromatic N) is 1. The SMILES string of the molecule is Cc1csc(CC(C)C(=O)NC(C=O)CNC(=O)O)n1. The molecule has 2 unspecified atom stereocenters. The highest BCUT2D eigenvalue weighted by molar-refractivity contribution is 7.09. The normalized spacial score (nSPS) is 13.3. The Balaban J connectivity index is 2.47. The van der Waals surface area contributed by atoms with Gasteiger partial charge in [-0.15, -0.1) is 11.3 Å². The van der Waals surface area contributed by atoms with Crippen LogP contribution in [0.25, 0.3) is 0 Å². The van der Waals surface area contributed by atoms with Crippen LogP contribution in [-0.4, -0.2) is 41.0 Å². The van der Waals surface area contributed by atoms with Gasteiger partial charge in [-0.25, -0.2) is 9.78 Å². The van der Waals surface area contributed by atoms with Crippen molar-refractivity contribution in [1.29, 1.82) is 0 Å². The lowest BCUT2D eigenvalue weighted by atomic mass is 10.1. The van der Waals surface area contributed by atoms with Crippen LogP contribution in [0.4, 0.5) is 4.79 Å². The number of carboxylic acid groups (broad SMARTS) is 1. The summed E-state index contributed by atoms with van der Waals surface area (Å²) in [6, 6.07) is -0.862. The summed E-state index contributed by atoms with van der Waals surface area (Å²) in [6.45, 7) is 3.47. The van der Waals surface area contributed by atoms with Crippen molar-refractivity contribution in [3.63, 3.8) is 0 Å². The van der Waals surface area contributed by atoms with Gasteiger partial charge in [0, 0.05) is 30.0 Å². The van der Waals surface area contributed by atoms with E-state index in [0.717, 1.165) is 10.7 Å². The molecule has 1 aromatic heterocycles. The fourth-order valence-electron chi connectivity index (χ4n) is 1.51. The molecule has 0 saturated carbocycles. The van der Waals surface area contributed by atoms with Crippen molar-refractivity contribution in [2.75, 3.05) is 6.54 Å². The highest BCUT2D eigenvalue weighted by atomic mass is 32.1. The molecule has 1 rings (SSSR count). The molecule has 0 radical (unpaired) electrons. The van der Waals surface area contributed by atoms with Crippen molar-refractivity contribution in [3.8, 4) is 0 Å². The van der Waals surface area contributed by atoms with Gasteiger partial charge < -0.3 is 20.5 Å². The first-order valence-electron chi connectivity index (χ1n) is 6.05.